The molecule has 0 atom stereocenters. The van der Waals surface area contributed by atoms with Gasteiger partial charge in [-0.1, -0.05) is 18.3 Å². The van der Waals surface area contributed by atoms with Crippen LogP contribution in [0.15, 0.2) is 6.33 Å². The minimum atomic E-state index is 0.988. The van der Waals surface area contributed by atoms with Crippen LogP contribution in [0.1, 0.15) is 24.6 Å². The van der Waals surface area contributed by atoms with E-state index in [0.717, 1.165) is 17.8 Å². The Morgan fingerprint density at radius 3 is 3.27 bits per heavy atom. The number of rotatable bonds is 1. The molecule has 78 valence electrons. The SMILES string of the molecule is CCc1ncnc2sc3c(c12)CCCN3. The predicted molar refractivity (Wildman–Crippen MR) is 63.6 cm³/mol. The minimum absolute atomic E-state index is 0.988. The largest absolute Gasteiger partial charge is 0.377 e. The second kappa shape index (κ2) is 3.45. The average Bonchev–Trinajstić information content (AvgIpc) is 2.67. The third kappa shape index (κ3) is 1.32. The molecule has 1 aliphatic rings. The molecule has 3 heterocycles. The summed E-state index contributed by atoms with van der Waals surface area (Å²) in [6.45, 7) is 3.25. The molecule has 0 aromatic carbocycles. The zero-order chi connectivity index (χ0) is 10.3. The van der Waals surface area contributed by atoms with Crippen molar-refractivity contribution in [2.24, 2.45) is 0 Å². The predicted octanol–water partition coefficient (Wildman–Crippen LogP) is 2.61. The number of nitrogens with zero attached hydrogens (tertiary/aromatic N) is 2. The first-order chi connectivity index (χ1) is 7.40. The maximum absolute atomic E-state index is 4.37. The monoisotopic (exact) mass is 219 g/mol. The fourth-order valence-electron chi connectivity index (χ4n) is 2.17. The molecule has 3 nitrogen and oxygen atoms in total. The highest BCUT2D eigenvalue weighted by atomic mass is 32.1. The Bertz CT molecular complexity index is 504. The van der Waals surface area contributed by atoms with Crippen LogP contribution in [0, 0.1) is 0 Å². The fraction of sp³-hybridized carbons (Fsp3) is 0.455. The molecule has 0 aliphatic carbocycles. The van der Waals surface area contributed by atoms with Crippen molar-refractivity contribution in [2.75, 3.05) is 11.9 Å². The van der Waals surface area contributed by atoms with E-state index in [2.05, 4.69) is 22.2 Å². The third-order valence-electron chi connectivity index (χ3n) is 2.89. The standard InChI is InChI=1S/C11H13N3S/c1-2-8-9-7-4-3-5-12-10(7)15-11(9)14-6-13-8/h6,12H,2-5H2,1H3. The van der Waals surface area contributed by atoms with Gasteiger partial charge in [-0.3, -0.25) is 0 Å². The van der Waals surface area contributed by atoms with E-state index in [-0.39, 0.29) is 0 Å². The third-order valence-corrected chi connectivity index (χ3v) is 3.99. The van der Waals surface area contributed by atoms with Crippen LogP contribution in [-0.2, 0) is 12.8 Å². The number of hydrogen-bond donors (Lipinski definition) is 1. The zero-order valence-corrected chi connectivity index (χ0v) is 9.52. The van der Waals surface area contributed by atoms with Gasteiger partial charge in [0.25, 0.3) is 0 Å². The summed E-state index contributed by atoms with van der Waals surface area (Å²) in [7, 11) is 0. The highest BCUT2D eigenvalue weighted by Gasteiger charge is 2.18. The summed E-state index contributed by atoms with van der Waals surface area (Å²) in [6.07, 6.45) is 5.06. The molecule has 0 unspecified atom stereocenters. The van der Waals surface area contributed by atoms with Gasteiger partial charge >= 0.3 is 0 Å². The van der Waals surface area contributed by atoms with Crippen LogP contribution in [0.4, 0.5) is 5.00 Å². The molecule has 2 aromatic rings. The van der Waals surface area contributed by atoms with Crippen molar-refractivity contribution < 1.29 is 0 Å². The lowest BCUT2D eigenvalue weighted by Crippen LogP contribution is -2.09. The number of hydrogen-bond acceptors (Lipinski definition) is 4. The van der Waals surface area contributed by atoms with E-state index in [9.17, 15) is 0 Å². The Kier molecular flexibility index (Phi) is 2.09. The van der Waals surface area contributed by atoms with Gasteiger partial charge in [0.05, 0.1) is 10.7 Å². The van der Waals surface area contributed by atoms with Gasteiger partial charge in [-0.25, -0.2) is 9.97 Å². The van der Waals surface area contributed by atoms with Gasteiger partial charge in [-0.15, -0.1) is 0 Å². The Balaban J connectivity index is 2.33. The van der Waals surface area contributed by atoms with Crippen LogP contribution in [0.2, 0.25) is 0 Å². The highest BCUT2D eigenvalue weighted by molar-refractivity contribution is 7.22. The van der Waals surface area contributed by atoms with E-state index in [4.69, 9.17) is 0 Å². The Morgan fingerprint density at radius 1 is 1.47 bits per heavy atom. The number of aromatic nitrogens is 2. The van der Waals surface area contributed by atoms with Crippen molar-refractivity contribution in [3.05, 3.63) is 17.6 Å². The second-order valence-electron chi connectivity index (χ2n) is 3.79. The summed E-state index contributed by atoms with van der Waals surface area (Å²) in [5.41, 5.74) is 2.64. The topological polar surface area (TPSA) is 37.8 Å². The molecule has 4 heteroatoms. The van der Waals surface area contributed by atoms with Crippen LogP contribution in [0.3, 0.4) is 0 Å². The van der Waals surface area contributed by atoms with Crippen LogP contribution in [-0.4, -0.2) is 16.5 Å². The lowest BCUT2D eigenvalue weighted by atomic mass is 10.0. The van der Waals surface area contributed by atoms with Gasteiger partial charge < -0.3 is 5.32 Å². The molecule has 3 rings (SSSR count). The summed E-state index contributed by atoms with van der Waals surface area (Å²) in [5.74, 6) is 0. The van der Waals surface area contributed by atoms with Crippen molar-refractivity contribution in [3.63, 3.8) is 0 Å². The molecule has 1 aliphatic heterocycles. The van der Waals surface area contributed by atoms with Gasteiger partial charge in [0.2, 0.25) is 0 Å². The summed E-state index contributed by atoms with van der Waals surface area (Å²) in [5, 5.41) is 6.08. The minimum Gasteiger partial charge on any atom is -0.377 e. The second-order valence-corrected chi connectivity index (χ2v) is 4.79. The van der Waals surface area contributed by atoms with Crippen molar-refractivity contribution in [1.29, 1.82) is 0 Å². The summed E-state index contributed by atoms with van der Waals surface area (Å²) >= 11 is 1.77. The highest BCUT2D eigenvalue weighted by Crippen LogP contribution is 2.38. The molecule has 0 fully saturated rings. The quantitative estimate of drug-likeness (QED) is 0.801. The number of anilines is 1. The molecule has 0 radical (unpaired) electrons. The van der Waals surface area contributed by atoms with Crippen LogP contribution < -0.4 is 5.32 Å². The molecule has 1 N–H and O–H groups in total. The smallest absolute Gasteiger partial charge is 0.129 e. The molecule has 15 heavy (non-hydrogen) atoms. The van der Waals surface area contributed by atoms with E-state index >= 15 is 0 Å². The van der Waals surface area contributed by atoms with Crippen molar-refractivity contribution >= 4 is 26.6 Å². The Labute approximate surface area is 92.6 Å². The molecule has 2 aromatic heterocycles. The van der Waals surface area contributed by atoms with Gasteiger partial charge in [-0.05, 0) is 24.8 Å². The van der Waals surface area contributed by atoms with Gasteiger partial charge in [0.15, 0.2) is 0 Å². The molecular weight excluding hydrogens is 206 g/mol. The Morgan fingerprint density at radius 2 is 2.40 bits per heavy atom. The van der Waals surface area contributed by atoms with Crippen LogP contribution in [0.25, 0.3) is 10.2 Å². The maximum atomic E-state index is 4.37. The molecular formula is C11H13N3S. The van der Waals surface area contributed by atoms with Crippen LogP contribution in [0.5, 0.6) is 0 Å². The zero-order valence-electron chi connectivity index (χ0n) is 8.71. The average molecular weight is 219 g/mol. The van der Waals surface area contributed by atoms with Gasteiger partial charge in [0, 0.05) is 11.9 Å². The number of fused-ring (bicyclic) bond motifs is 3. The van der Waals surface area contributed by atoms with E-state index < -0.39 is 0 Å². The lowest BCUT2D eigenvalue weighted by Gasteiger charge is -2.13. The maximum Gasteiger partial charge on any atom is 0.129 e. The molecule has 0 spiro atoms. The first-order valence-corrected chi connectivity index (χ1v) is 6.21. The van der Waals surface area contributed by atoms with E-state index in [1.165, 1.54) is 34.5 Å². The summed E-state index contributed by atoms with van der Waals surface area (Å²) < 4.78 is 0. The number of thiophene rings is 1. The summed E-state index contributed by atoms with van der Waals surface area (Å²) in [4.78, 5) is 9.88. The summed E-state index contributed by atoms with van der Waals surface area (Å²) in [6, 6.07) is 0. The molecule has 0 saturated carbocycles. The number of aryl methyl sites for hydroxylation is 2. The van der Waals surface area contributed by atoms with Crippen molar-refractivity contribution in [2.45, 2.75) is 26.2 Å². The van der Waals surface area contributed by atoms with Crippen molar-refractivity contribution in [3.8, 4) is 0 Å². The van der Waals surface area contributed by atoms with E-state index in [1.54, 1.807) is 17.7 Å². The van der Waals surface area contributed by atoms with Gasteiger partial charge in [0.1, 0.15) is 11.2 Å². The van der Waals surface area contributed by atoms with Crippen molar-refractivity contribution in [1.82, 2.24) is 9.97 Å². The Hall–Kier alpha value is -1.16. The molecule has 0 saturated heterocycles. The first kappa shape index (κ1) is 9.09. The number of nitrogens with one attached hydrogen (secondary N) is 1. The van der Waals surface area contributed by atoms with E-state index in [1.807, 2.05) is 0 Å². The molecule has 0 amide bonds. The molecule has 0 bridgehead atoms. The normalized spacial score (nSPS) is 15.0. The first-order valence-electron chi connectivity index (χ1n) is 5.39. The van der Waals surface area contributed by atoms with Crippen LogP contribution >= 0.6 is 11.3 Å². The lowest BCUT2D eigenvalue weighted by molar-refractivity contribution is 0.841. The van der Waals surface area contributed by atoms with E-state index in [0.29, 0.717) is 0 Å². The fourth-order valence-corrected chi connectivity index (χ4v) is 3.31. The van der Waals surface area contributed by atoms with Gasteiger partial charge in [-0.2, -0.15) is 0 Å².